The zero-order valence-electron chi connectivity index (χ0n) is 13.5. The second-order valence-corrected chi connectivity index (χ2v) is 6.54. The van der Waals surface area contributed by atoms with E-state index in [0.717, 1.165) is 12.8 Å². The summed E-state index contributed by atoms with van der Waals surface area (Å²) >= 11 is 6.04. The molecule has 1 unspecified atom stereocenters. The first kappa shape index (κ1) is 17.2. The van der Waals surface area contributed by atoms with E-state index in [1.807, 2.05) is 21.9 Å². The first-order valence-electron chi connectivity index (χ1n) is 8.30. The van der Waals surface area contributed by atoms with Crippen molar-refractivity contribution in [3.63, 3.8) is 0 Å². The van der Waals surface area contributed by atoms with E-state index in [2.05, 4.69) is 5.32 Å². The van der Waals surface area contributed by atoms with Crippen molar-refractivity contribution in [2.45, 2.75) is 18.9 Å². The van der Waals surface area contributed by atoms with Gasteiger partial charge in [0, 0.05) is 32.8 Å². The molecule has 0 saturated carbocycles. The maximum atomic E-state index is 12.3. The maximum Gasteiger partial charge on any atom is 0.251 e. The van der Waals surface area contributed by atoms with Gasteiger partial charge in [-0.15, -0.1) is 0 Å². The Balaban J connectivity index is 1.44. The Hall–Kier alpha value is -1.63. The molecule has 1 N–H and O–H groups in total. The van der Waals surface area contributed by atoms with E-state index in [9.17, 15) is 9.59 Å². The Morgan fingerprint density at radius 2 is 1.96 bits per heavy atom. The van der Waals surface area contributed by atoms with Gasteiger partial charge >= 0.3 is 0 Å². The van der Waals surface area contributed by atoms with Crippen molar-refractivity contribution >= 4 is 29.1 Å². The third-order valence-corrected chi connectivity index (χ3v) is 4.73. The molecule has 3 rings (SSSR count). The molecular formula is C17H22ClN3O3. The number of amides is 2. The quantitative estimate of drug-likeness (QED) is 0.895. The highest BCUT2D eigenvalue weighted by Crippen LogP contribution is 2.20. The lowest BCUT2D eigenvalue weighted by molar-refractivity contribution is -0.142. The van der Waals surface area contributed by atoms with Crippen molar-refractivity contribution in [2.24, 2.45) is 0 Å². The molecule has 2 aliphatic heterocycles. The lowest BCUT2D eigenvalue weighted by Gasteiger charge is -2.35. The SMILES string of the molecule is O=C(CN1CCN(C(=O)C2CCCO2)CC1)Nc1ccccc1Cl. The predicted octanol–water partition coefficient (Wildman–Crippen LogP) is 1.60. The number of ether oxygens (including phenoxy) is 1. The molecule has 130 valence electrons. The molecule has 1 aromatic carbocycles. The summed E-state index contributed by atoms with van der Waals surface area (Å²) in [5.74, 6) is -0.00493. The van der Waals surface area contributed by atoms with Crippen molar-refractivity contribution in [3.05, 3.63) is 29.3 Å². The lowest BCUT2D eigenvalue weighted by Crippen LogP contribution is -2.52. The maximum absolute atomic E-state index is 12.3. The molecule has 0 aromatic heterocycles. The number of hydrogen-bond donors (Lipinski definition) is 1. The van der Waals surface area contributed by atoms with Crippen LogP contribution in [0.1, 0.15) is 12.8 Å². The van der Waals surface area contributed by atoms with E-state index in [0.29, 0.717) is 50.0 Å². The highest BCUT2D eigenvalue weighted by molar-refractivity contribution is 6.33. The molecule has 0 radical (unpaired) electrons. The molecule has 1 atom stereocenters. The van der Waals surface area contributed by atoms with Crippen LogP contribution in [0.2, 0.25) is 5.02 Å². The molecule has 1 aromatic rings. The van der Waals surface area contributed by atoms with Gasteiger partial charge < -0.3 is 15.0 Å². The average Bonchev–Trinajstić information content (AvgIpc) is 3.11. The number of nitrogens with one attached hydrogen (secondary N) is 1. The molecule has 2 heterocycles. The van der Waals surface area contributed by atoms with Crippen LogP contribution in [0.25, 0.3) is 0 Å². The Morgan fingerprint density at radius 1 is 1.21 bits per heavy atom. The fraction of sp³-hybridized carbons (Fsp3) is 0.529. The zero-order valence-corrected chi connectivity index (χ0v) is 14.3. The van der Waals surface area contributed by atoms with Gasteiger partial charge in [0.25, 0.3) is 5.91 Å². The molecule has 2 amide bonds. The van der Waals surface area contributed by atoms with Gasteiger partial charge in [-0.05, 0) is 25.0 Å². The number of benzene rings is 1. The summed E-state index contributed by atoms with van der Waals surface area (Å²) in [5, 5.41) is 3.35. The lowest BCUT2D eigenvalue weighted by atomic mass is 10.2. The van der Waals surface area contributed by atoms with Gasteiger partial charge in [-0.2, -0.15) is 0 Å². The molecule has 2 aliphatic rings. The van der Waals surface area contributed by atoms with E-state index in [1.165, 1.54) is 0 Å². The highest BCUT2D eigenvalue weighted by atomic mass is 35.5. The third kappa shape index (κ3) is 4.26. The van der Waals surface area contributed by atoms with E-state index < -0.39 is 0 Å². The fourth-order valence-electron chi connectivity index (χ4n) is 3.06. The number of hydrogen-bond acceptors (Lipinski definition) is 4. The summed E-state index contributed by atoms with van der Waals surface area (Å²) in [4.78, 5) is 28.3. The molecule has 6 nitrogen and oxygen atoms in total. The number of halogens is 1. The number of para-hydroxylation sites is 1. The predicted molar refractivity (Wildman–Crippen MR) is 92.1 cm³/mol. The van der Waals surface area contributed by atoms with Crippen LogP contribution in [-0.4, -0.2) is 67.0 Å². The Labute approximate surface area is 146 Å². The number of anilines is 1. The Bertz CT molecular complexity index is 596. The summed E-state index contributed by atoms with van der Waals surface area (Å²) in [6, 6.07) is 7.17. The van der Waals surface area contributed by atoms with Gasteiger partial charge in [0.1, 0.15) is 6.10 Å². The van der Waals surface area contributed by atoms with Crippen LogP contribution in [0, 0.1) is 0 Å². The Morgan fingerprint density at radius 3 is 2.62 bits per heavy atom. The molecule has 0 aliphatic carbocycles. The minimum absolute atomic E-state index is 0.0904. The first-order valence-corrected chi connectivity index (χ1v) is 8.68. The van der Waals surface area contributed by atoms with Gasteiger partial charge in [-0.3, -0.25) is 14.5 Å². The fourth-order valence-corrected chi connectivity index (χ4v) is 3.24. The van der Waals surface area contributed by atoms with Gasteiger partial charge in [0.2, 0.25) is 5.91 Å². The normalized spacial score (nSPS) is 21.7. The van der Waals surface area contributed by atoms with Crippen LogP contribution >= 0.6 is 11.6 Å². The smallest absolute Gasteiger partial charge is 0.251 e. The van der Waals surface area contributed by atoms with Crippen LogP contribution in [0.3, 0.4) is 0 Å². The van der Waals surface area contributed by atoms with E-state index in [4.69, 9.17) is 16.3 Å². The van der Waals surface area contributed by atoms with Crippen LogP contribution in [-0.2, 0) is 14.3 Å². The van der Waals surface area contributed by atoms with Crippen molar-refractivity contribution in [2.75, 3.05) is 44.6 Å². The molecular weight excluding hydrogens is 330 g/mol. The van der Waals surface area contributed by atoms with Crippen molar-refractivity contribution in [1.82, 2.24) is 9.80 Å². The van der Waals surface area contributed by atoms with Crippen LogP contribution < -0.4 is 5.32 Å². The van der Waals surface area contributed by atoms with Crippen molar-refractivity contribution < 1.29 is 14.3 Å². The summed E-state index contributed by atoms with van der Waals surface area (Å²) in [6.45, 7) is 3.63. The topological polar surface area (TPSA) is 61.9 Å². The largest absolute Gasteiger partial charge is 0.368 e. The van der Waals surface area contributed by atoms with E-state index in [1.54, 1.807) is 12.1 Å². The number of rotatable bonds is 4. The number of nitrogens with zero attached hydrogens (tertiary/aromatic N) is 2. The first-order chi connectivity index (χ1) is 11.6. The van der Waals surface area contributed by atoms with Crippen LogP contribution in [0.15, 0.2) is 24.3 Å². The number of piperazine rings is 1. The second-order valence-electron chi connectivity index (χ2n) is 6.13. The van der Waals surface area contributed by atoms with Gasteiger partial charge in [0.15, 0.2) is 0 Å². The number of carbonyl (C=O) groups is 2. The third-order valence-electron chi connectivity index (χ3n) is 4.40. The highest BCUT2D eigenvalue weighted by Gasteiger charge is 2.30. The monoisotopic (exact) mass is 351 g/mol. The van der Waals surface area contributed by atoms with Crippen molar-refractivity contribution in [3.8, 4) is 0 Å². The van der Waals surface area contributed by atoms with E-state index >= 15 is 0 Å². The van der Waals surface area contributed by atoms with Crippen LogP contribution in [0.4, 0.5) is 5.69 Å². The van der Waals surface area contributed by atoms with Crippen LogP contribution in [0.5, 0.6) is 0 Å². The van der Waals surface area contributed by atoms with Crippen molar-refractivity contribution in [1.29, 1.82) is 0 Å². The Kier molecular flexibility index (Phi) is 5.71. The minimum Gasteiger partial charge on any atom is -0.368 e. The second kappa shape index (κ2) is 7.96. The summed E-state index contributed by atoms with van der Waals surface area (Å²) in [7, 11) is 0. The summed E-state index contributed by atoms with van der Waals surface area (Å²) in [6.07, 6.45) is 1.51. The van der Waals surface area contributed by atoms with Gasteiger partial charge in [-0.25, -0.2) is 0 Å². The van der Waals surface area contributed by atoms with E-state index in [-0.39, 0.29) is 17.9 Å². The molecule has 24 heavy (non-hydrogen) atoms. The average molecular weight is 352 g/mol. The molecule has 2 saturated heterocycles. The van der Waals surface area contributed by atoms with Gasteiger partial charge in [-0.1, -0.05) is 23.7 Å². The molecule has 2 fully saturated rings. The summed E-state index contributed by atoms with van der Waals surface area (Å²) in [5.41, 5.74) is 0.622. The molecule has 0 bridgehead atoms. The zero-order chi connectivity index (χ0) is 16.9. The molecule has 0 spiro atoms. The summed E-state index contributed by atoms with van der Waals surface area (Å²) < 4.78 is 5.46. The molecule has 7 heteroatoms. The number of carbonyl (C=O) groups excluding carboxylic acids is 2. The van der Waals surface area contributed by atoms with Gasteiger partial charge in [0.05, 0.1) is 17.3 Å². The standard InChI is InChI=1S/C17H22ClN3O3/c18-13-4-1-2-5-14(13)19-16(22)12-20-7-9-21(10-8-20)17(23)15-6-3-11-24-15/h1-2,4-5,15H,3,6-12H2,(H,19,22). The minimum atomic E-state index is -0.264.